The van der Waals surface area contributed by atoms with Gasteiger partial charge in [0.1, 0.15) is 0 Å². The second-order valence-corrected chi connectivity index (χ2v) is 15.6. The van der Waals surface area contributed by atoms with Gasteiger partial charge in [0.25, 0.3) is 0 Å². The van der Waals surface area contributed by atoms with Gasteiger partial charge < -0.3 is 9.47 Å². The average Bonchev–Trinajstić information content (AvgIpc) is 3.71. The summed E-state index contributed by atoms with van der Waals surface area (Å²) in [4.78, 5) is 3.91. The van der Waals surface area contributed by atoms with E-state index in [1.165, 1.54) is 87.6 Å². The van der Waals surface area contributed by atoms with Gasteiger partial charge in [-0.25, -0.2) is 0 Å². The van der Waals surface area contributed by atoms with Crippen LogP contribution < -0.4 is 4.90 Å². The Morgan fingerprint density at radius 1 is 0.815 bits per heavy atom. The summed E-state index contributed by atoms with van der Waals surface area (Å²) in [5, 5.41) is 2.58. The van der Waals surface area contributed by atoms with Gasteiger partial charge in [0.15, 0.2) is 0 Å². The maximum atomic E-state index is 4.31. The van der Waals surface area contributed by atoms with Crippen molar-refractivity contribution in [2.45, 2.75) is 59.8 Å². The molecule has 2 aromatic heterocycles. The third-order valence-electron chi connectivity index (χ3n) is 11.0. The minimum atomic E-state index is 0.919. The molecule has 54 heavy (non-hydrogen) atoms. The molecule has 4 aromatic carbocycles. The van der Waals surface area contributed by atoms with E-state index in [0.29, 0.717) is 0 Å². The summed E-state index contributed by atoms with van der Waals surface area (Å²) < 4.78 is 3.77. The molecule has 8 rings (SSSR count). The molecular formula is C51H48N2S. The Morgan fingerprint density at radius 3 is 2.37 bits per heavy atom. The zero-order chi connectivity index (χ0) is 37.2. The van der Waals surface area contributed by atoms with Crippen molar-refractivity contribution in [1.29, 1.82) is 0 Å². The van der Waals surface area contributed by atoms with Gasteiger partial charge in [-0.2, -0.15) is 0 Å². The van der Waals surface area contributed by atoms with Crippen molar-refractivity contribution in [3.05, 3.63) is 178 Å². The van der Waals surface area contributed by atoms with Crippen molar-refractivity contribution in [3.8, 4) is 11.1 Å². The summed E-state index contributed by atoms with van der Waals surface area (Å²) in [7, 11) is 0. The number of benzene rings is 4. The van der Waals surface area contributed by atoms with Crippen LogP contribution in [-0.2, 0) is 0 Å². The van der Waals surface area contributed by atoms with Crippen LogP contribution in [0.1, 0.15) is 80.1 Å². The minimum absolute atomic E-state index is 0.919. The van der Waals surface area contributed by atoms with Crippen molar-refractivity contribution in [3.63, 3.8) is 0 Å². The molecule has 0 unspecified atom stereocenters. The molecule has 2 aliphatic carbocycles. The van der Waals surface area contributed by atoms with Gasteiger partial charge in [-0.15, -0.1) is 11.3 Å². The van der Waals surface area contributed by atoms with Crippen LogP contribution in [0, 0.1) is 6.92 Å². The molecule has 2 heterocycles. The lowest BCUT2D eigenvalue weighted by Gasteiger charge is -2.33. The molecule has 0 amide bonds. The van der Waals surface area contributed by atoms with E-state index < -0.39 is 0 Å². The van der Waals surface area contributed by atoms with E-state index in [4.69, 9.17) is 0 Å². The molecule has 3 heteroatoms. The van der Waals surface area contributed by atoms with E-state index in [1.54, 1.807) is 0 Å². The standard InChI is InChI=1S/C51H48N2S/c1-6-17-44-47-33-40(28-31-50(47)53(48(44)8-3)42-29-26-38(27-30-42)37-19-10-9-11-20-37)39-21-16-22-43(32-39)52(49-24-14-12-18-35(49)4)41(7-2)34-46-36(5)54-51-25-15-13-23-45(46)51/h6,8-13,15-23,25-26,28-29,31-34H,3,7,14,24,27,30H2,1-2,4-5H3/b17-6-,41-34+. The smallest absolute Gasteiger partial charge is 0.0538 e. The number of anilines is 1. The van der Waals surface area contributed by atoms with Gasteiger partial charge in [-0.3, -0.25) is 0 Å². The second kappa shape index (κ2) is 15.4. The largest absolute Gasteiger partial charge is 0.318 e. The number of allylic oxidation sites excluding steroid dienone is 10. The average molecular weight is 721 g/mol. The van der Waals surface area contributed by atoms with E-state index >= 15 is 0 Å². The number of nitrogens with zero attached hydrogens (tertiary/aromatic N) is 2. The van der Waals surface area contributed by atoms with Crippen molar-refractivity contribution in [1.82, 2.24) is 4.57 Å². The molecule has 268 valence electrons. The summed E-state index contributed by atoms with van der Waals surface area (Å²) in [6.45, 7) is 13.2. The zero-order valence-corrected chi connectivity index (χ0v) is 32.7. The summed E-state index contributed by atoms with van der Waals surface area (Å²) in [6, 6.07) is 35.7. The number of thiophene rings is 1. The first-order valence-electron chi connectivity index (χ1n) is 19.3. The molecule has 0 saturated carbocycles. The Hall–Kier alpha value is -5.64. The predicted molar refractivity (Wildman–Crippen MR) is 238 cm³/mol. The van der Waals surface area contributed by atoms with Crippen LogP contribution in [0.4, 0.5) is 5.69 Å². The molecule has 6 aromatic rings. The molecule has 2 nitrogen and oxygen atoms in total. The number of aromatic nitrogens is 1. The Kier molecular flexibility index (Phi) is 10.1. The lowest BCUT2D eigenvalue weighted by atomic mass is 9.95. The van der Waals surface area contributed by atoms with E-state index in [-0.39, 0.29) is 0 Å². The molecule has 0 aliphatic heterocycles. The number of hydrogen-bond acceptors (Lipinski definition) is 2. The first-order chi connectivity index (χ1) is 26.5. The van der Waals surface area contributed by atoms with Gasteiger partial charge in [0.05, 0.1) is 11.2 Å². The van der Waals surface area contributed by atoms with Gasteiger partial charge in [0.2, 0.25) is 0 Å². The fourth-order valence-corrected chi connectivity index (χ4v) is 9.36. The van der Waals surface area contributed by atoms with E-state index in [2.05, 4.69) is 183 Å². The zero-order valence-electron chi connectivity index (χ0n) is 31.9. The molecule has 0 atom stereocenters. The van der Waals surface area contributed by atoms with E-state index in [9.17, 15) is 0 Å². The molecule has 0 bridgehead atoms. The molecule has 0 spiro atoms. The van der Waals surface area contributed by atoms with Crippen molar-refractivity contribution < 1.29 is 0 Å². The first-order valence-corrected chi connectivity index (χ1v) is 20.1. The lowest BCUT2D eigenvalue weighted by molar-refractivity contribution is 0.854. The minimum Gasteiger partial charge on any atom is -0.318 e. The Labute approximate surface area is 324 Å². The van der Waals surface area contributed by atoms with Crippen LogP contribution in [0.2, 0.25) is 0 Å². The van der Waals surface area contributed by atoms with Crippen LogP contribution in [0.5, 0.6) is 0 Å². The maximum absolute atomic E-state index is 4.31. The second-order valence-electron chi connectivity index (χ2n) is 14.3. The fraction of sp³-hybridized carbons (Fsp3) is 0.176. The fourth-order valence-electron chi connectivity index (χ4n) is 8.31. The van der Waals surface area contributed by atoms with E-state index in [1.807, 2.05) is 17.4 Å². The normalized spacial score (nSPS) is 15.0. The van der Waals surface area contributed by atoms with Crippen molar-refractivity contribution >= 4 is 67.5 Å². The van der Waals surface area contributed by atoms with Gasteiger partial charge in [-0.1, -0.05) is 111 Å². The van der Waals surface area contributed by atoms with Crippen LogP contribution in [-0.4, -0.2) is 4.57 Å². The molecule has 0 radical (unpaired) electrons. The summed E-state index contributed by atoms with van der Waals surface area (Å²) in [5.41, 5.74) is 16.5. The van der Waals surface area contributed by atoms with Crippen LogP contribution >= 0.6 is 11.3 Å². The topological polar surface area (TPSA) is 8.17 Å². The molecule has 2 aliphatic rings. The summed E-state index contributed by atoms with van der Waals surface area (Å²) in [6.07, 6.45) is 23.0. The highest BCUT2D eigenvalue weighted by molar-refractivity contribution is 7.19. The summed E-state index contributed by atoms with van der Waals surface area (Å²) in [5.74, 6) is 0. The monoisotopic (exact) mass is 720 g/mol. The number of fused-ring (bicyclic) bond motifs is 2. The maximum Gasteiger partial charge on any atom is 0.0538 e. The van der Waals surface area contributed by atoms with Crippen LogP contribution in [0.15, 0.2) is 151 Å². The van der Waals surface area contributed by atoms with Crippen molar-refractivity contribution in [2.75, 3.05) is 4.90 Å². The Balaban J connectivity index is 1.24. The first kappa shape index (κ1) is 35.4. The van der Waals surface area contributed by atoms with Gasteiger partial charge in [-0.05, 0) is 135 Å². The Bertz CT molecular complexity index is 2580. The SMILES string of the molecule is C=Cc1c(/C=C\C)c2cc(-c3cccc(N(C4=C(C)C=CCC4)/C(=C/c4c(C)sc5ccccc45)CC)c3)ccc2n1C1=CC=C(c2ccccc2)CC1. The van der Waals surface area contributed by atoms with Gasteiger partial charge >= 0.3 is 0 Å². The van der Waals surface area contributed by atoms with Crippen molar-refractivity contribution in [2.24, 2.45) is 0 Å². The van der Waals surface area contributed by atoms with Crippen LogP contribution in [0.3, 0.4) is 0 Å². The molecule has 0 fully saturated rings. The summed E-state index contributed by atoms with van der Waals surface area (Å²) >= 11 is 1.89. The lowest BCUT2D eigenvalue weighted by Crippen LogP contribution is -2.23. The number of hydrogen-bond donors (Lipinski definition) is 0. The van der Waals surface area contributed by atoms with E-state index in [0.717, 1.165) is 37.8 Å². The third kappa shape index (κ3) is 6.58. The molecule has 0 saturated heterocycles. The quantitative estimate of drug-likeness (QED) is 0.137. The molecule has 0 N–H and O–H groups in total. The van der Waals surface area contributed by atoms with Gasteiger partial charge in [0, 0.05) is 48.7 Å². The highest BCUT2D eigenvalue weighted by atomic mass is 32.1. The Morgan fingerprint density at radius 2 is 1.61 bits per heavy atom. The molecular weight excluding hydrogens is 673 g/mol. The number of rotatable bonds is 10. The highest BCUT2D eigenvalue weighted by Crippen LogP contribution is 2.41. The van der Waals surface area contributed by atoms with Crippen LogP contribution in [0.25, 0.3) is 61.6 Å². The number of aryl methyl sites for hydroxylation is 1. The predicted octanol–water partition coefficient (Wildman–Crippen LogP) is 15.1. The third-order valence-corrected chi connectivity index (χ3v) is 12.1. The highest BCUT2D eigenvalue weighted by Gasteiger charge is 2.22.